The second kappa shape index (κ2) is 4.80. The number of esters is 1. The highest BCUT2D eigenvalue weighted by molar-refractivity contribution is 6.39. The van der Waals surface area contributed by atoms with Crippen molar-refractivity contribution in [1.29, 1.82) is 0 Å². The van der Waals surface area contributed by atoms with Gasteiger partial charge >= 0.3 is 5.97 Å². The van der Waals surface area contributed by atoms with Gasteiger partial charge in [0.2, 0.25) is 0 Å². The van der Waals surface area contributed by atoms with E-state index in [2.05, 4.69) is 0 Å². The van der Waals surface area contributed by atoms with Crippen LogP contribution in [0.1, 0.15) is 22.8 Å². The molecule has 88 valence electrons. The minimum Gasteiger partial charge on any atom is -0.505 e. The molecule has 0 aliphatic rings. The van der Waals surface area contributed by atoms with Gasteiger partial charge in [-0.2, -0.15) is 0 Å². The number of phenolic OH excluding ortho intramolecular Hbond substituents is 2. The third-order valence-electron chi connectivity index (χ3n) is 2.04. The molecule has 0 aliphatic heterocycles. The molecule has 0 amide bonds. The van der Waals surface area contributed by atoms with Crippen molar-refractivity contribution in [2.45, 2.75) is 13.8 Å². The number of carbonyl (C=O) groups excluding carboxylic acids is 1. The molecule has 1 aromatic carbocycles. The van der Waals surface area contributed by atoms with E-state index in [-0.39, 0.29) is 27.8 Å². The predicted molar refractivity (Wildman–Crippen MR) is 60.5 cm³/mol. The van der Waals surface area contributed by atoms with Gasteiger partial charge in [0.15, 0.2) is 11.5 Å². The summed E-state index contributed by atoms with van der Waals surface area (Å²) >= 11 is 11.4. The Morgan fingerprint density at radius 3 is 2.31 bits per heavy atom. The van der Waals surface area contributed by atoms with Gasteiger partial charge in [0, 0.05) is 0 Å². The van der Waals surface area contributed by atoms with Crippen molar-refractivity contribution in [3.63, 3.8) is 0 Å². The highest BCUT2D eigenvalue weighted by atomic mass is 35.5. The molecule has 0 heterocycles. The van der Waals surface area contributed by atoms with E-state index < -0.39 is 17.5 Å². The molecule has 0 bridgehead atoms. The molecule has 6 heteroatoms. The molecule has 2 N–H and O–H groups in total. The summed E-state index contributed by atoms with van der Waals surface area (Å²) in [5, 5.41) is 18.6. The number of hydrogen-bond donors (Lipinski definition) is 2. The molecule has 0 unspecified atom stereocenters. The molecule has 0 aliphatic carbocycles. The Balaban J connectivity index is 3.45. The van der Waals surface area contributed by atoms with Crippen LogP contribution in [0.4, 0.5) is 0 Å². The second-order valence-electron chi connectivity index (χ2n) is 3.05. The zero-order valence-electron chi connectivity index (χ0n) is 8.67. The quantitative estimate of drug-likeness (QED) is 0.807. The number of benzene rings is 1. The summed E-state index contributed by atoms with van der Waals surface area (Å²) < 4.78 is 4.74. The third-order valence-corrected chi connectivity index (χ3v) is 2.86. The fraction of sp³-hybridized carbons (Fsp3) is 0.300. The van der Waals surface area contributed by atoms with Gasteiger partial charge in [0.05, 0.1) is 11.6 Å². The van der Waals surface area contributed by atoms with Crippen LogP contribution in [0.2, 0.25) is 10.0 Å². The van der Waals surface area contributed by atoms with Crippen LogP contribution >= 0.6 is 23.2 Å². The molecular weight excluding hydrogens is 255 g/mol. The molecular formula is C10H10Cl2O4. The van der Waals surface area contributed by atoms with E-state index in [1.807, 2.05) is 0 Å². The van der Waals surface area contributed by atoms with Crippen molar-refractivity contribution >= 4 is 29.2 Å². The van der Waals surface area contributed by atoms with Gasteiger partial charge in [-0.05, 0) is 19.4 Å². The summed E-state index contributed by atoms with van der Waals surface area (Å²) in [4.78, 5) is 11.5. The van der Waals surface area contributed by atoms with E-state index in [0.717, 1.165) is 0 Å². The first-order valence-electron chi connectivity index (χ1n) is 4.48. The SMILES string of the molecule is CCOC(=O)c1c(C)c(Cl)c(O)c(Cl)c1O. The number of aromatic hydroxyl groups is 2. The fourth-order valence-corrected chi connectivity index (χ4v) is 1.66. The maximum atomic E-state index is 11.5. The first-order chi connectivity index (χ1) is 7.41. The lowest BCUT2D eigenvalue weighted by molar-refractivity contribution is 0.0522. The van der Waals surface area contributed by atoms with Crippen molar-refractivity contribution in [3.05, 3.63) is 21.2 Å². The number of phenols is 2. The van der Waals surface area contributed by atoms with E-state index in [1.165, 1.54) is 6.92 Å². The van der Waals surface area contributed by atoms with Crippen molar-refractivity contribution in [2.75, 3.05) is 6.61 Å². The molecule has 1 rings (SSSR count). The van der Waals surface area contributed by atoms with Crippen LogP contribution in [-0.2, 0) is 4.74 Å². The van der Waals surface area contributed by atoms with Gasteiger partial charge in [-0.3, -0.25) is 0 Å². The zero-order chi connectivity index (χ0) is 12.5. The lowest BCUT2D eigenvalue weighted by atomic mass is 10.1. The first kappa shape index (κ1) is 12.9. The summed E-state index contributed by atoms with van der Waals surface area (Å²) in [5.74, 6) is -1.72. The number of hydrogen-bond acceptors (Lipinski definition) is 4. The highest BCUT2D eigenvalue weighted by Crippen LogP contribution is 2.43. The Labute approximate surface area is 102 Å². The average Bonchev–Trinajstić information content (AvgIpc) is 2.24. The number of ether oxygens (including phenoxy) is 1. The smallest absolute Gasteiger partial charge is 0.342 e. The second-order valence-corrected chi connectivity index (χ2v) is 3.80. The molecule has 0 aromatic heterocycles. The van der Waals surface area contributed by atoms with E-state index in [0.29, 0.717) is 0 Å². The third kappa shape index (κ3) is 2.03. The number of halogens is 2. The molecule has 4 nitrogen and oxygen atoms in total. The Morgan fingerprint density at radius 2 is 1.81 bits per heavy atom. The van der Waals surface area contributed by atoms with Gasteiger partial charge in [0.1, 0.15) is 10.6 Å². The normalized spacial score (nSPS) is 10.2. The van der Waals surface area contributed by atoms with Gasteiger partial charge < -0.3 is 14.9 Å². The van der Waals surface area contributed by atoms with E-state index in [9.17, 15) is 15.0 Å². The van der Waals surface area contributed by atoms with Crippen LogP contribution in [0, 0.1) is 6.92 Å². The maximum absolute atomic E-state index is 11.5. The summed E-state index contributed by atoms with van der Waals surface area (Å²) in [6.07, 6.45) is 0. The lowest BCUT2D eigenvalue weighted by Gasteiger charge is -2.12. The van der Waals surface area contributed by atoms with E-state index >= 15 is 0 Å². The van der Waals surface area contributed by atoms with Crippen LogP contribution in [-0.4, -0.2) is 22.8 Å². The lowest BCUT2D eigenvalue weighted by Crippen LogP contribution is -2.07. The minimum atomic E-state index is -0.735. The van der Waals surface area contributed by atoms with Crippen LogP contribution < -0.4 is 0 Å². The van der Waals surface area contributed by atoms with Gasteiger partial charge in [-0.25, -0.2) is 4.79 Å². The molecule has 0 saturated heterocycles. The molecule has 16 heavy (non-hydrogen) atoms. The molecule has 0 radical (unpaired) electrons. The van der Waals surface area contributed by atoms with Crippen molar-refractivity contribution in [1.82, 2.24) is 0 Å². The Hall–Kier alpha value is -1.13. The van der Waals surface area contributed by atoms with Crippen LogP contribution in [0.3, 0.4) is 0 Å². The minimum absolute atomic E-state index is 0.0779. The van der Waals surface area contributed by atoms with Crippen LogP contribution in [0.15, 0.2) is 0 Å². The standard InChI is InChI=1S/C10H10Cl2O4/c1-3-16-10(15)5-4(2)6(11)9(14)7(12)8(5)13/h13-14H,3H2,1-2H3. The van der Waals surface area contributed by atoms with E-state index in [1.54, 1.807) is 6.92 Å². The monoisotopic (exact) mass is 264 g/mol. The highest BCUT2D eigenvalue weighted by Gasteiger charge is 2.24. The van der Waals surface area contributed by atoms with Crippen LogP contribution in [0.25, 0.3) is 0 Å². The van der Waals surface area contributed by atoms with Crippen molar-refractivity contribution in [3.8, 4) is 11.5 Å². The Morgan fingerprint density at radius 1 is 1.25 bits per heavy atom. The largest absolute Gasteiger partial charge is 0.505 e. The van der Waals surface area contributed by atoms with Gasteiger partial charge in [-0.15, -0.1) is 0 Å². The molecule has 1 aromatic rings. The summed E-state index contributed by atoms with van der Waals surface area (Å²) in [6.45, 7) is 3.27. The van der Waals surface area contributed by atoms with Crippen molar-refractivity contribution in [2.24, 2.45) is 0 Å². The van der Waals surface area contributed by atoms with Crippen molar-refractivity contribution < 1.29 is 19.7 Å². The van der Waals surface area contributed by atoms with Gasteiger partial charge in [0.25, 0.3) is 0 Å². The topological polar surface area (TPSA) is 66.8 Å². The maximum Gasteiger partial charge on any atom is 0.342 e. The van der Waals surface area contributed by atoms with Crippen LogP contribution in [0.5, 0.6) is 11.5 Å². The fourth-order valence-electron chi connectivity index (χ4n) is 1.24. The summed E-state index contributed by atoms with van der Waals surface area (Å²) in [6, 6.07) is 0. The zero-order valence-corrected chi connectivity index (χ0v) is 10.2. The average molecular weight is 265 g/mol. The predicted octanol–water partition coefficient (Wildman–Crippen LogP) is 2.89. The molecule has 0 spiro atoms. The van der Waals surface area contributed by atoms with Gasteiger partial charge in [-0.1, -0.05) is 23.2 Å². The van der Waals surface area contributed by atoms with E-state index in [4.69, 9.17) is 27.9 Å². The molecule has 0 atom stereocenters. The first-order valence-corrected chi connectivity index (χ1v) is 5.24. The summed E-state index contributed by atoms with van der Waals surface area (Å²) in [5.41, 5.74) is 0.0918. The Bertz CT molecular complexity index is 414. The summed E-state index contributed by atoms with van der Waals surface area (Å²) in [7, 11) is 0. The number of carbonyl (C=O) groups is 1. The molecule has 0 saturated carbocycles. The molecule has 0 fully saturated rings. The number of rotatable bonds is 2. The Kier molecular flexibility index (Phi) is 3.88.